The van der Waals surface area contributed by atoms with Gasteiger partial charge in [0.05, 0.1) is 12.8 Å². The van der Waals surface area contributed by atoms with Crippen molar-refractivity contribution >= 4 is 32.7 Å². The summed E-state index contributed by atoms with van der Waals surface area (Å²) in [5.41, 5.74) is 0.155. The smallest absolute Gasteiger partial charge is 0.257 e. The number of carbonyl (C=O) groups excluding carboxylic acids is 2. The van der Waals surface area contributed by atoms with Gasteiger partial charge in [0.1, 0.15) is 5.56 Å². The quantitative estimate of drug-likeness (QED) is 0.614. The Morgan fingerprint density at radius 2 is 2.00 bits per heavy atom. The first-order chi connectivity index (χ1) is 13.8. The maximum Gasteiger partial charge on any atom is 0.257 e. The number of fused-ring (bicyclic) bond motifs is 1. The number of hydrogen-bond acceptors (Lipinski definition) is 5. The fraction of sp³-hybridized carbons (Fsp3) is 0.421. The van der Waals surface area contributed by atoms with Crippen molar-refractivity contribution in [3.63, 3.8) is 0 Å². The first-order valence-corrected chi connectivity index (χ1v) is 11.3. The lowest BCUT2D eigenvalue weighted by Crippen LogP contribution is -2.52. The molecule has 10 heteroatoms. The second kappa shape index (κ2) is 8.75. The highest BCUT2D eigenvalue weighted by Gasteiger charge is 2.27. The third kappa shape index (κ3) is 5.21. The first kappa shape index (κ1) is 21.0. The lowest BCUT2D eigenvalue weighted by atomic mass is 10.0. The molecule has 9 nitrogen and oxygen atoms in total. The second-order valence-electron chi connectivity index (χ2n) is 7.12. The third-order valence-electron chi connectivity index (χ3n) is 4.96. The Morgan fingerprint density at radius 1 is 1.24 bits per heavy atom. The van der Waals surface area contributed by atoms with Crippen LogP contribution in [-0.2, 0) is 14.8 Å². The molecule has 0 bridgehead atoms. The Bertz CT molecular complexity index is 1080. The van der Waals surface area contributed by atoms with E-state index in [2.05, 4.69) is 15.0 Å². The Balaban J connectivity index is 1.65. The van der Waals surface area contributed by atoms with Crippen LogP contribution in [-0.4, -0.2) is 62.0 Å². The van der Waals surface area contributed by atoms with Gasteiger partial charge in [-0.05, 0) is 31.4 Å². The number of aromatic amines is 1. The number of rotatable bonds is 6. The van der Waals surface area contributed by atoms with E-state index in [1.165, 1.54) is 6.20 Å². The monoisotopic (exact) mass is 420 g/mol. The van der Waals surface area contributed by atoms with E-state index in [0.717, 1.165) is 19.1 Å². The molecule has 3 N–H and O–H groups in total. The lowest BCUT2D eigenvalue weighted by molar-refractivity contribution is -0.133. The van der Waals surface area contributed by atoms with Gasteiger partial charge in [0, 0.05) is 36.2 Å². The van der Waals surface area contributed by atoms with E-state index in [-0.39, 0.29) is 30.6 Å². The van der Waals surface area contributed by atoms with Crippen molar-refractivity contribution in [3.8, 4) is 0 Å². The molecule has 1 unspecified atom stereocenters. The van der Waals surface area contributed by atoms with Gasteiger partial charge in [0.2, 0.25) is 21.4 Å². The number of H-pyrrole nitrogens is 1. The van der Waals surface area contributed by atoms with Gasteiger partial charge >= 0.3 is 0 Å². The number of pyridine rings is 1. The number of benzene rings is 1. The summed E-state index contributed by atoms with van der Waals surface area (Å²) in [5, 5.41) is 2.90. The maximum atomic E-state index is 12.6. The summed E-state index contributed by atoms with van der Waals surface area (Å²) < 4.78 is 25.1. The predicted molar refractivity (Wildman–Crippen MR) is 109 cm³/mol. The van der Waals surface area contributed by atoms with Gasteiger partial charge < -0.3 is 15.2 Å². The van der Waals surface area contributed by atoms with Crippen LogP contribution in [0.1, 0.15) is 29.6 Å². The SMILES string of the molecule is CS(=O)(=O)NCC1CCCCN1C(=O)CNC(=O)c1c[nH]c2ccccc2c1=O. The molecular formula is C19H24N4O5S. The average molecular weight is 420 g/mol. The number of nitrogens with one attached hydrogen (secondary N) is 3. The molecule has 0 saturated carbocycles. The van der Waals surface area contributed by atoms with Crippen LogP contribution in [0.25, 0.3) is 10.9 Å². The molecule has 1 saturated heterocycles. The van der Waals surface area contributed by atoms with Crippen LogP contribution in [0.15, 0.2) is 35.3 Å². The number of hydrogen-bond donors (Lipinski definition) is 3. The predicted octanol–water partition coefficient (Wildman–Crippen LogP) is 0.188. The van der Waals surface area contributed by atoms with E-state index in [9.17, 15) is 22.8 Å². The molecule has 1 aliphatic rings. The summed E-state index contributed by atoms with van der Waals surface area (Å²) in [4.78, 5) is 42.1. The minimum absolute atomic E-state index is 0.0644. The normalized spacial score (nSPS) is 17.3. The Labute approximate surface area is 168 Å². The molecule has 29 heavy (non-hydrogen) atoms. The fourth-order valence-corrected chi connectivity index (χ4v) is 3.97. The molecule has 1 fully saturated rings. The summed E-state index contributed by atoms with van der Waals surface area (Å²) in [5.74, 6) is -0.941. The van der Waals surface area contributed by atoms with Gasteiger partial charge in [-0.3, -0.25) is 14.4 Å². The molecular weight excluding hydrogens is 396 g/mol. The number of amides is 2. The van der Waals surface area contributed by atoms with Crippen LogP contribution in [0.3, 0.4) is 0 Å². The van der Waals surface area contributed by atoms with E-state index < -0.39 is 21.4 Å². The third-order valence-corrected chi connectivity index (χ3v) is 5.65. The molecule has 2 amide bonds. The van der Waals surface area contributed by atoms with Crippen molar-refractivity contribution in [1.82, 2.24) is 19.9 Å². The number of sulfonamides is 1. The van der Waals surface area contributed by atoms with Crippen LogP contribution in [0, 0.1) is 0 Å². The number of nitrogens with zero attached hydrogens (tertiary/aromatic N) is 1. The topological polar surface area (TPSA) is 128 Å². The van der Waals surface area contributed by atoms with Crippen LogP contribution in [0.5, 0.6) is 0 Å². The maximum absolute atomic E-state index is 12.6. The largest absolute Gasteiger partial charge is 0.360 e. The highest BCUT2D eigenvalue weighted by molar-refractivity contribution is 7.88. The zero-order valence-corrected chi connectivity index (χ0v) is 16.9. The van der Waals surface area contributed by atoms with Crippen LogP contribution < -0.4 is 15.5 Å². The summed E-state index contributed by atoms with van der Waals surface area (Å²) >= 11 is 0. The van der Waals surface area contributed by atoms with Crippen LogP contribution >= 0.6 is 0 Å². The fourth-order valence-electron chi connectivity index (χ4n) is 3.48. The number of aromatic nitrogens is 1. The summed E-state index contributed by atoms with van der Waals surface area (Å²) in [6.07, 6.45) is 4.82. The van der Waals surface area contributed by atoms with Crippen molar-refractivity contribution in [2.24, 2.45) is 0 Å². The minimum atomic E-state index is -3.35. The van der Waals surface area contributed by atoms with Crippen molar-refractivity contribution in [2.45, 2.75) is 25.3 Å². The number of carbonyl (C=O) groups is 2. The molecule has 0 spiro atoms. The molecule has 0 radical (unpaired) electrons. The van der Waals surface area contributed by atoms with Crippen LogP contribution in [0.4, 0.5) is 0 Å². The van der Waals surface area contributed by atoms with Gasteiger partial charge in [-0.2, -0.15) is 0 Å². The average Bonchev–Trinajstić information content (AvgIpc) is 2.70. The molecule has 1 aromatic carbocycles. The highest BCUT2D eigenvalue weighted by atomic mass is 32.2. The van der Waals surface area contributed by atoms with E-state index in [0.29, 0.717) is 23.9 Å². The summed E-state index contributed by atoms with van der Waals surface area (Å²) in [6, 6.07) is 6.60. The minimum Gasteiger partial charge on any atom is -0.360 e. The van der Waals surface area contributed by atoms with Gasteiger partial charge in [-0.1, -0.05) is 12.1 Å². The van der Waals surface area contributed by atoms with Crippen molar-refractivity contribution in [2.75, 3.05) is 25.9 Å². The molecule has 2 heterocycles. The standard InChI is InChI=1S/C19H24N4O5S/c1-29(27,28)22-10-13-6-4-5-9-23(13)17(24)12-21-19(26)15-11-20-16-8-3-2-7-14(16)18(15)25/h2-3,7-8,11,13,22H,4-6,9-10,12H2,1H3,(H,20,25)(H,21,26). The van der Waals surface area contributed by atoms with E-state index >= 15 is 0 Å². The highest BCUT2D eigenvalue weighted by Crippen LogP contribution is 2.16. The van der Waals surface area contributed by atoms with E-state index in [1.54, 1.807) is 29.2 Å². The Morgan fingerprint density at radius 3 is 2.76 bits per heavy atom. The van der Waals surface area contributed by atoms with Crippen molar-refractivity contribution in [1.29, 1.82) is 0 Å². The summed E-state index contributed by atoms with van der Waals surface area (Å²) in [7, 11) is -3.35. The van der Waals surface area contributed by atoms with Crippen molar-refractivity contribution < 1.29 is 18.0 Å². The van der Waals surface area contributed by atoms with Gasteiger partial charge in [-0.15, -0.1) is 0 Å². The zero-order valence-electron chi connectivity index (χ0n) is 16.1. The Kier molecular flexibility index (Phi) is 6.33. The van der Waals surface area contributed by atoms with E-state index in [4.69, 9.17) is 0 Å². The molecule has 1 aromatic heterocycles. The molecule has 1 aliphatic heterocycles. The van der Waals surface area contributed by atoms with Gasteiger partial charge in [-0.25, -0.2) is 13.1 Å². The van der Waals surface area contributed by atoms with Crippen LogP contribution in [0.2, 0.25) is 0 Å². The molecule has 3 rings (SSSR count). The zero-order chi connectivity index (χ0) is 21.0. The molecule has 1 atom stereocenters. The lowest BCUT2D eigenvalue weighted by Gasteiger charge is -2.35. The molecule has 0 aliphatic carbocycles. The molecule has 156 valence electrons. The number of piperidine rings is 1. The second-order valence-corrected chi connectivity index (χ2v) is 8.95. The first-order valence-electron chi connectivity index (χ1n) is 9.39. The number of likely N-dealkylation sites (tertiary alicyclic amines) is 1. The van der Waals surface area contributed by atoms with Crippen molar-refractivity contribution in [3.05, 3.63) is 46.2 Å². The van der Waals surface area contributed by atoms with Gasteiger partial charge in [0.15, 0.2) is 0 Å². The van der Waals surface area contributed by atoms with E-state index in [1.807, 2.05) is 0 Å². The van der Waals surface area contributed by atoms with Gasteiger partial charge in [0.25, 0.3) is 5.91 Å². The number of para-hydroxylation sites is 1. The molecule has 2 aromatic rings. The summed E-state index contributed by atoms with van der Waals surface area (Å²) in [6.45, 7) is 0.380. The Hall–Kier alpha value is -2.72.